The number of hydrogen-bond acceptors (Lipinski definition) is 4. The predicted octanol–water partition coefficient (Wildman–Crippen LogP) is 2.36. The Bertz CT molecular complexity index is 597. The van der Waals surface area contributed by atoms with Gasteiger partial charge in [0.25, 0.3) is 0 Å². The molecule has 0 spiro atoms. The number of nitrogens with two attached hydrogens (primary N) is 1. The van der Waals surface area contributed by atoms with Gasteiger partial charge in [-0.2, -0.15) is 5.10 Å². The van der Waals surface area contributed by atoms with Gasteiger partial charge in [0.2, 0.25) is 0 Å². The first-order chi connectivity index (χ1) is 10.0. The van der Waals surface area contributed by atoms with Crippen molar-refractivity contribution in [3.63, 3.8) is 0 Å². The van der Waals surface area contributed by atoms with Gasteiger partial charge in [-0.3, -0.25) is 16.0 Å². The van der Waals surface area contributed by atoms with E-state index in [1.54, 1.807) is 12.1 Å². The number of aromatic nitrogens is 2. The third kappa shape index (κ3) is 3.59. The van der Waals surface area contributed by atoms with Crippen LogP contribution in [0.3, 0.4) is 0 Å². The number of ether oxygens (including phenoxy) is 1. The van der Waals surface area contributed by atoms with Gasteiger partial charge in [0.05, 0.1) is 18.8 Å². The summed E-state index contributed by atoms with van der Waals surface area (Å²) in [5.41, 5.74) is 4.38. The van der Waals surface area contributed by atoms with E-state index in [-0.39, 0.29) is 11.8 Å². The van der Waals surface area contributed by atoms with E-state index >= 15 is 0 Å². The quantitative estimate of drug-likeness (QED) is 0.633. The summed E-state index contributed by atoms with van der Waals surface area (Å²) in [6, 6.07) is 6.88. The minimum Gasteiger partial charge on any atom is -0.494 e. The van der Waals surface area contributed by atoms with E-state index in [9.17, 15) is 4.39 Å². The van der Waals surface area contributed by atoms with E-state index in [0.29, 0.717) is 12.5 Å². The van der Waals surface area contributed by atoms with Gasteiger partial charge in [-0.05, 0) is 37.6 Å². The standard InChI is InChI=1S/C15H21FN4O/c1-10(2)20-7-6-12(19-20)9-14(18-17)11-4-5-15(21-3)13(16)8-11/h4-8,10,14,18H,9,17H2,1-3H3. The molecule has 21 heavy (non-hydrogen) atoms. The van der Waals surface area contributed by atoms with E-state index in [0.717, 1.165) is 11.3 Å². The molecule has 0 radical (unpaired) electrons. The summed E-state index contributed by atoms with van der Waals surface area (Å²) in [5.74, 6) is 5.42. The normalized spacial score (nSPS) is 12.7. The molecule has 0 saturated heterocycles. The van der Waals surface area contributed by atoms with Crippen LogP contribution in [0.1, 0.15) is 37.2 Å². The lowest BCUT2D eigenvalue weighted by atomic mass is 10.0. The number of nitrogens with one attached hydrogen (secondary N) is 1. The van der Waals surface area contributed by atoms with Gasteiger partial charge >= 0.3 is 0 Å². The van der Waals surface area contributed by atoms with Crippen molar-refractivity contribution in [3.8, 4) is 5.75 Å². The monoisotopic (exact) mass is 292 g/mol. The summed E-state index contributed by atoms with van der Waals surface area (Å²) in [6.45, 7) is 4.13. The first-order valence-electron chi connectivity index (χ1n) is 6.88. The maximum Gasteiger partial charge on any atom is 0.165 e. The number of benzene rings is 1. The van der Waals surface area contributed by atoms with Crippen molar-refractivity contribution in [3.05, 3.63) is 47.5 Å². The molecular weight excluding hydrogens is 271 g/mol. The first kappa shape index (κ1) is 15.5. The fourth-order valence-electron chi connectivity index (χ4n) is 2.16. The number of hydrazine groups is 1. The van der Waals surface area contributed by atoms with Crippen molar-refractivity contribution in [2.24, 2.45) is 5.84 Å². The maximum absolute atomic E-state index is 13.8. The van der Waals surface area contributed by atoms with Crippen molar-refractivity contribution in [2.45, 2.75) is 32.4 Å². The smallest absolute Gasteiger partial charge is 0.165 e. The van der Waals surface area contributed by atoms with Crippen LogP contribution < -0.4 is 16.0 Å². The molecule has 114 valence electrons. The zero-order valence-electron chi connectivity index (χ0n) is 12.5. The van der Waals surface area contributed by atoms with Gasteiger partial charge in [-0.25, -0.2) is 4.39 Å². The summed E-state index contributed by atoms with van der Waals surface area (Å²) in [6.07, 6.45) is 2.52. The molecule has 0 saturated carbocycles. The highest BCUT2D eigenvalue weighted by Crippen LogP contribution is 2.23. The first-order valence-corrected chi connectivity index (χ1v) is 6.88. The number of halogens is 1. The fourth-order valence-corrected chi connectivity index (χ4v) is 2.16. The second-order valence-corrected chi connectivity index (χ2v) is 5.20. The van der Waals surface area contributed by atoms with Crippen molar-refractivity contribution in [1.82, 2.24) is 15.2 Å². The molecule has 5 nitrogen and oxygen atoms in total. The number of hydrogen-bond donors (Lipinski definition) is 2. The lowest BCUT2D eigenvalue weighted by Crippen LogP contribution is -2.29. The van der Waals surface area contributed by atoms with Crippen LogP contribution in [0.15, 0.2) is 30.5 Å². The number of nitrogens with zero attached hydrogens (tertiary/aromatic N) is 2. The highest BCUT2D eigenvalue weighted by molar-refractivity contribution is 5.31. The van der Waals surface area contributed by atoms with Crippen LogP contribution in [0.5, 0.6) is 5.75 Å². The Balaban J connectivity index is 2.17. The number of rotatable bonds is 6. The van der Waals surface area contributed by atoms with E-state index in [1.165, 1.54) is 13.2 Å². The van der Waals surface area contributed by atoms with Crippen LogP contribution in [-0.4, -0.2) is 16.9 Å². The molecule has 1 heterocycles. The average molecular weight is 292 g/mol. The van der Waals surface area contributed by atoms with Gasteiger partial charge < -0.3 is 4.74 Å². The Labute approximate surface area is 123 Å². The van der Waals surface area contributed by atoms with Gasteiger partial charge in [0.1, 0.15) is 0 Å². The van der Waals surface area contributed by atoms with Crippen LogP contribution in [0.4, 0.5) is 4.39 Å². The molecule has 1 aromatic carbocycles. The van der Waals surface area contributed by atoms with E-state index in [2.05, 4.69) is 24.4 Å². The SMILES string of the molecule is COc1ccc(C(Cc2ccn(C(C)C)n2)NN)cc1F. The molecule has 1 aromatic heterocycles. The van der Waals surface area contributed by atoms with Gasteiger partial charge in [-0.15, -0.1) is 0 Å². The minimum absolute atomic E-state index is 0.207. The molecule has 3 N–H and O–H groups in total. The zero-order valence-corrected chi connectivity index (χ0v) is 12.5. The van der Waals surface area contributed by atoms with E-state index in [1.807, 2.05) is 16.9 Å². The molecule has 0 aliphatic rings. The second kappa shape index (κ2) is 6.69. The molecule has 0 fully saturated rings. The second-order valence-electron chi connectivity index (χ2n) is 5.20. The van der Waals surface area contributed by atoms with Crippen LogP contribution in [0, 0.1) is 5.82 Å². The van der Waals surface area contributed by atoms with E-state index in [4.69, 9.17) is 10.6 Å². The molecule has 1 unspecified atom stereocenters. The van der Waals surface area contributed by atoms with Crippen LogP contribution in [0.2, 0.25) is 0 Å². The topological polar surface area (TPSA) is 65.1 Å². The molecule has 0 aliphatic heterocycles. The Morgan fingerprint density at radius 1 is 1.38 bits per heavy atom. The molecule has 0 aliphatic carbocycles. The molecular formula is C15H21FN4O. The molecule has 0 amide bonds. The Hall–Kier alpha value is -1.92. The molecule has 1 atom stereocenters. The van der Waals surface area contributed by atoms with Crippen LogP contribution >= 0.6 is 0 Å². The van der Waals surface area contributed by atoms with Crippen molar-refractivity contribution in [2.75, 3.05) is 7.11 Å². The summed E-state index contributed by atoms with van der Waals surface area (Å²) >= 11 is 0. The summed E-state index contributed by atoms with van der Waals surface area (Å²) in [5, 5.41) is 4.48. The van der Waals surface area contributed by atoms with Crippen LogP contribution in [0.25, 0.3) is 0 Å². The Morgan fingerprint density at radius 2 is 2.14 bits per heavy atom. The highest BCUT2D eigenvalue weighted by atomic mass is 19.1. The molecule has 2 aromatic rings. The van der Waals surface area contributed by atoms with Gasteiger partial charge in [0, 0.05) is 18.7 Å². The number of methoxy groups -OCH3 is 1. The lowest BCUT2D eigenvalue weighted by molar-refractivity contribution is 0.385. The highest BCUT2D eigenvalue weighted by Gasteiger charge is 2.15. The molecule has 0 bridgehead atoms. The minimum atomic E-state index is -0.400. The van der Waals surface area contributed by atoms with Gasteiger partial charge in [0.15, 0.2) is 11.6 Å². The zero-order chi connectivity index (χ0) is 15.4. The van der Waals surface area contributed by atoms with Crippen molar-refractivity contribution < 1.29 is 9.13 Å². The van der Waals surface area contributed by atoms with Crippen LogP contribution in [-0.2, 0) is 6.42 Å². The Morgan fingerprint density at radius 3 is 2.67 bits per heavy atom. The summed E-state index contributed by atoms with van der Waals surface area (Å²) in [7, 11) is 1.44. The molecule has 6 heteroatoms. The average Bonchev–Trinajstić information content (AvgIpc) is 2.93. The van der Waals surface area contributed by atoms with Crippen molar-refractivity contribution in [1.29, 1.82) is 0 Å². The Kier molecular flexibility index (Phi) is 4.93. The lowest BCUT2D eigenvalue weighted by Gasteiger charge is -2.16. The third-order valence-corrected chi connectivity index (χ3v) is 3.39. The maximum atomic E-state index is 13.8. The summed E-state index contributed by atoms with van der Waals surface area (Å²) < 4.78 is 20.6. The van der Waals surface area contributed by atoms with E-state index < -0.39 is 5.82 Å². The predicted molar refractivity (Wildman–Crippen MR) is 79.3 cm³/mol. The summed E-state index contributed by atoms with van der Waals surface area (Å²) in [4.78, 5) is 0. The fraction of sp³-hybridized carbons (Fsp3) is 0.400. The largest absolute Gasteiger partial charge is 0.494 e. The third-order valence-electron chi connectivity index (χ3n) is 3.39. The van der Waals surface area contributed by atoms with Gasteiger partial charge in [-0.1, -0.05) is 6.07 Å². The van der Waals surface area contributed by atoms with Crippen molar-refractivity contribution >= 4 is 0 Å². The molecule has 2 rings (SSSR count).